The zero-order valence-electron chi connectivity index (χ0n) is 12.0. The maximum atomic E-state index is 3.67. The number of alkyl halides is 1. The molecular weight excluding hydrogens is 274 g/mol. The van der Waals surface area contributed by atoms with E-state index in [9.17, 15) is 0 Å². The molecule has 0 spiro atoms. The van der Waals surface area contributed by atoms with Crippen molar-refractivity contribution in [3.63, 3.8) is 0 Å². The Labute approximate surface area is 116 Å². The first-order valence-electron chi connectivity index (χ1n) is 7.48. The normalized spacial score (nSPS) is 22.6. The van der Waals surface area contributed by atoms with Gasteiger partial charge in [-0.2, -0.15) is 0 Å². The molecular formula is C15H30BrN. The number of hydrogen-bond donors (Lipinski definition) is 0. The van der Waals surface area contributed by atoms with Gasteiger partial charge in [-0.3, -0.25) is 0 Å². The third-order valence-corrected chi connectivity index (χ3v) is 5.76. The number of nitrogens with zero attached hydrogens (tertiary/aromatic N) is 1. The molecule has 17 heavy (non-hydrogen) atoms. The molecule has 0 aromatic carbocycles. The van der Waals surface area contributed by atoms with E-state index in [1.165, 1.54) is 63.5 Å². The van der Waals surface area contributed by atoms with Crippen molar-refractivity contribution in [3.8, 4) is 0 Å². The van der Waals surface area contributed by atoms with Crippen LogP contribution >= 0.6 is 15.9 Å². The van der Waals surface area contributed by atoms with Crippen LogP contribution in [-0.2, 0) is 0 Å². The number of likely N-dealkylation sites (tertiary alicyclic amines) is 1. The van der Waals surface area contributed by atoms with Crippen molar-refractivity contribution in [2.75, 3.05) is 25.0 Å². The van der Waals surface area contributed by atoms with Gasteiger partial charge in [0.05, 0.1) is 0 Å². The lowest BCUT2D eigenvalue weighted by Crippen LogP contribution is -2.42. The van der Waals surface area contributed by atoms with Crippen LogP contribution in [0.3, 0.4) is 0 Å². The average molecular weight is 304 g/mol. The molecule has 0 aromatic rings. The molecule has 1 fully saturated rings. The first kappa shape index (κ1) is 15.5. The molecule has 1 atom stereocenters. The second kappa shape index (κ2) is 7.78. The number of rotatable bonds is 7. The summed E-state index contributed by atoms with van der Waals surface area (Å²) in [4.78, 5) is 2.70. The third-order valence-electron chi connectivity index (χ3n) is 4.85. The molecule has 0 radical (unpaired) electrons. The predicted molar refractivity (Wildman–Crippen MR) is 80.9 cm³/mol. The van der Waals surface area contributed by atoms with E-state index in [0.717, 1.165) is 5.92 Å². The largest absolute Gasteiger partial charge is 0.303 e. The molecule has 0 amide bonds. The highest BCUT2D eigenvalue weighted by Crippen LogP contribution is 2.38. The van der Waals surface area contributed by atoms with Crippen LogP contribution in [0, 0.1) is 11.3 Å². The molecule has 0 saturated carbocycles. The molecule has 0 aliphatic carbocycles. The van der Waals surface area contributed by atoms with E-state index < -0.39 is 0 Å². The molecule has 1 saturated heterocycles. The molecule has 1 rings (SSSR count). The van der Waals surface area contributed by atoms with Crippen LogP contribution in [0.1, 0.15) is 59.3 Å². The van der Waals surface area contributed by atoms with Crippen molar-refractivity contribution < 1.29 is 0 Å². The lowest BCUT2D eigenvalue weighted by atomic mass is 9.74. The quantitative estimate of drug-likeness (QED) is 0.616. The van der Waals surface area contributed by atoms with Crippen molar-refractivity contribution in [2.24, 2.45) is 11.3 Å². The van der Waals surface area contributed by atoms with Gasteiger partial charge in [-0.1, -0.05) is 56.0 Å². The monoisotopic (exact) mass is 303 g/mol. The highest BCUT2D eigenvalue weighted by molar-refractivity contribution is 9.09. The Morgan fingerprint density at radius 3 is 2.12 bits per heavy atom. The van der Waals surface area contributed by atoms with E-state index in [4.69, 9.17) is 0 Å². The Morgan fingerprint density at radius 1 is 1.12 bits per heavy atom. The van der Waals surface area contributed by atoms with Gasteiger partial charge in [0.1, 0.15) is 0 Å². The molecule has 0 aromatic heterocycles. The van der Waals surface area contributed by atoms with Crippen molar-refractivity contribution >= 4 is 15.9 Å². The van der Waals surface area contributed by atoms with Crippen molar-refractivity contribution in [2.45, 2.75) is 59.3 Å². The van der Waals surface area contributed by atoms with Crippen LogP contribution in [0.15, 0.2) is 0 Å². The van der Waals surface area contributed by atoms with Gasteiger partial charge in [0, 0.05) is 11.9 Å². The second-order valence-electron chi connectivity index (χ2n) is 5.82. The second-order valence-corrected chi connectivity index (χ2v) is 6.46. The summed E-state index contributed by atoms with van der Waals surface area (Å²) in [6, 6.07) is 0. The number of piperidine rings is 1. The maximum absolute atomic E-state index is 3.67. The highest BCUT2D eigenvalue weighted by atomic mass is 79.9. The minimum Gasteiger partial charge on any atom is -0.303 e. The van der Waals surface area contributed by atoms with Gasteiger partial charge in [-0.25, -0.2) is 0 Å². The predicted octanol–water partition coefficient (Wildman–Crippen LogP) is 4.70. The highest BCUT2D eigenvalue weighted by Gasteiger charge is 2.31. The van der Waals surface area contributed by atoms with Crippen molar-refractivity contribution in [3.05, 3.63) is 0 Å². The van der Waals surface area contributed by atoms with Gasteiger partial charge in [0.15, 0.2) is 0 Å². The average Bonchev–Trinajstić information content (AvgIpc) is 2.39. The van der Waals surface area contributed by atoms with Gasteiger partial charge in [0.25, 0.3) is 0 Å². The van der Waals surface area contributed by atoms with E-state index in [2.05, 4.69) is 41.6 Å². The van der Waals surface area contributed by atoms with Gasteiger partial charge >= 0.3 is 0 Å². The van der Waals surface area contributed by atoms with E-state index in [0.29, 0.717) is 5.41 Å². The molecule has 102 valence electrons. The molecule has 1 unspecified atom stereocenters. The van der Waals surface area contributed by atoms with Crippen LogP contribution in [-0.4, -0.2) is 29.9 Å². The topological polar surface area (TPSA) is 3.24 Å². The molecule has 1 aliphatic rings. The first-order valence-corrected chi connectivity index (χ1v) is 8.60. The van der Waals surface area contributed by atoms with Crippen LogP contribution in [0.5, 0.6) is 0 Å². The van der Waals surface area contributed by atoms with E-state index in [1.54, 1.807) is 0 Å². The summed E-state index contributed by atoms with van der Waals surface area (Å²) in [7, 11) is 0. The Balaban J connectivity index is 2.35. The van der Waals surface area contributed by atoms with E-state index >= 15 is 0 Å². The van der Waals surface area contributed by atoms with Crippen LogP contribution in [0.4, 0.5) is 0 Å². The van der Waals surface area contributed by atoms with Gasteiger partial charge in [-0.15, -0.1) is 0 Å². The van der Waals surface area contributed by atoms with Crippen LogP contribution in [0.25, 0.3) is 0 Å². The van der Waals surface area contributed by atoms with E-state index in [1.807, 2.05) is 0 Å². The summed E-state index contributed by atoms with van der Waals surface area (Å²) in [5, 5.41) is 1.17. The molecule has 0 bridgehead atoms. The Bertz CT molecular complexity index is 191. The summed E-state index contributed by atoms with van der Waals surface area (Å²) >= 11 is 3.67. The summed E-state index contributed by atoms with van der Waals surface area (Å²) in [6.07, 6.45) is 8.26. The third kappa shape index (κ3) is 4.55. The van der Waals surface area contributed by atoms with Gasteiger partial charge < -0.3 is 4.90 Å². The Morgan fingerprint density at radius 2 is 1.71 bits per heavy atom. The maximum Gasteiger partial charge on any atom is 0.00718 e. The van der Waals surface area contributed by atoms with Gasteiger partial charge in [-0.05, 0) is 43.7 Å². The summed E-state index contributed by atoms with van der Waals surface area (Å²) in [5.74, 6) is 0.857. The lowest BCUT2D eigenvalue weighted by molar-refractivity contribution is 0.0857. The molecule has 1 nitrogen and oxygen atoms in total. The summed E-state index contributed by atoms with van der Waals surface area (Å²) in [5.41, 5.74) is 0.672. The summed E-state index contributed by atoms with van der Waals surface area (Å²) < 4.78 is 0. The van der Waals surface area contributed by atoms with Crippen LogP contribution in [0.2, 0.25) is 0 Å². The standard InChI is InChI=1S/C15H30BrN/c1-4-7-14(12-16)13-17-10-8-15(5-2,6-3)9-11-17/h14H,4-13H2,1-3H3. The Hall–Kier alpha value is 0.440. The first-order chi connectivity index (χ1) is 8.19. The Kier molecular flexibility index (Phi) is 7.10. The smallest absolute Gasteiger partial charge is 0.00718 e. The number of hydrogen-bond acceptors (Lipinski definition) is 1. The summed E-state index contributed by atoms with van der Waals surface area (Å²) in [6.45, 7) is 11.0. The SMILES string of the molecule is CCCC(CBr)CN1CCC(CC)(CC)CC1. The number of halogens is 1. The fourth-order valence-corrected chi connectivity index (χ4v) is 3.69. The van der Waals surface area contributed by atoms with Gasteiger partial charge in [0.2, 0.25) is 0 Å². The minimum absolute atomic E-state index is 0.672. The zero-order chi connectivity index (χ0) is 12.7. The minimum atomic E-state index is 0.672. The van der Waals surface area contributed by atoms with E-state index in [-0.39, 0.29) is 0 Å². The molecule has 1 heterocycles. The molecule has 1 aliphatic heterocycles. The fraction of sp³-hybridized carbons (Fsp3) is 1.00. The van der Waals surface area contributed by atoms with Crippen molar-refractivity contribution in [1.82, 2.24) is 4.90 Å². The molecule has 0 N–H and O–H groups in total. The van der Waals surface area contributed by atoms with Crippen LogP contribution < -0.4 is 0 Å². The fourth-order valence-electron chi connectivity index (χ4n) is 3.16. The molecule has 2 heteroatoms. The van der Waals surface area contributed by atoms with Crippen molar-refractivity contribution in [1.29, 1.82) is 0 Å². The zero-order valence-corrected chi connectivity index (χ0v) is 13.6. The lowest BCUT2D eigenvalue weighted by Gasteiger charge is -2.42.